The Morgan fingerprint density at radius 2 is 2.04 bits per heavy atom. The average Bonchev–Trinajstić information content (AvgIpc) is 3.06. The minimum atomic E-state index is -0.263. The normalized spacial score (nSPS) is 16.2. The maximum atomic E-state index is 12.9. The van der Waals surface area contributed by atoms with Crippen LogP contribution in [0.25, 0.3) is 16.6 Å². The highest BCUT2D eigenvalue weighted by Gasteiger charge is 2.23. The predicted octanol–water partition coefficient (Wildman–Crippen LogP) is 4.16. The number of hydrogen-bond donors (Lipinski definition) is 0. The molecule has 3 heterocycles. The second-order valence-electron chi connectivity index (χ2n) is 7.44. The van der Waals surface area contributed by atoms with Gasteiger partial charge in [-0.2, -0.15) is 0 Å². The second-order valence-corrected chi connectivity index (χ2v) is 7.44. The topological polar surface area (TPSA) is 46.8 Å². The Morgan fingerprint density at radius 1 is 1.22 bits per heavy atom. The van der Waals surface area contributed by atoms with Crippen LogP contribution in [0.3, 0.4) is 0 Å². The minimum Gasteiger partial charge on any atom is -0.462 e. The van der Waals surface area contributed by atoms with E-state index in [1.54, 1.807) is 6.20 Å². The Kier molecular flexibility index (Phi) is 5.39. The van der Waals surface area contributed by atoms with E-state index in [0.717, 1.165) is 36.8 Å². The number of hydrogen-bond acceptors (Lipinski definition) is 4. The van der Waals surface area contributed by atoms with Crippen molar-refractivity contribution < 1.29 is 9.53 Å². The summed E-state index contributed by atoms with van der Waals surface area (Å²) in [5.41, 5.74) is 2.22. The van der Waals surface area contributed by atoms with Gasteiger partial charge >= 0.3 is 5.97 Å². The van der Waals surface area contributed by atoms with E-state index in [2.05, 4.69) is 16.8 Å². The molecule has 27 heavy (non-hydrogen) atoms. The summed E-state index contributed by atoms with van der Waals surface area (Å²) in [6.07, 6.45) is 8.37. The van der Waals surface area contributed by atoms with Crippen molar-refractivity contribution in [2.45, 2.75) is 32.6 Å². The summed E-state index contributed by atoms with van der Waals surface area (Å²) < 4.78 is 7.70. The number of benzene rings is 1. The van der Waals surface area contributed by atoms with Crippen molar-refractivity contribution in [2.24, 2.45) is 5.92 Å². The molecule has 1 aromatic carbocycles. The van der Waals surface area contributed by atoms with E-state index < -0.39 is 0 Å². The van der Waals surface area contributed by atoms with Gasteiger partial charge in [-0.1, -0.05) is 31.5 Å². The quantitative estimate of drug-likeness (QED) is 0.616. The van der Waals surface area contributed by atoms with Crippen molar-refractivity contribution in [3.05, 3.63) is 48.3 Å². The zero-order valence-corrected chi connectivity index (χ0v) is 15.9. The number of unbranched alkanes of at least 4 members (excludes halogenated alkanes) is 1. The number of carbonyl (C=O) groups is 1. The van der Waals surface area contributed by atoms with E-state index in [4.69, 9.17) is 4.74 Å². The van der Waals surface area contributed by atoms with Gasteiger partial charge in [-0.3, -0.25) is 0 Å². The maximum Gasteiger partial charge on any atom is 0.342 e. The van der Waals surface area contributed by atoms with Crippen LogP contribution in [-0.2, 0) is 4.74 Å². The Morgan fingerprint density at radius 3 is 2.85 bits per heavy atom. The molecule has 0 amide bonds. The first-order valence-corrected chi connectivity index (χ1v) is 10.0. The molecule has 1 fully saturated rings. The van der Waals surface area contributed by atoms with Crippen LogP contribution in [0.4, 0.5) is 0 Å². The summed E-state index contributed by atoms with van der Waals surface area (Å²) in [6, 6.07) is 9.77. The first-order valence-electron chi connectivity index (χ1n) is 10.0. The Hall–Kier alpha value is -2.40. The predicted molar refractivity (Wildman–Crippen MR) is 107 cm³/mol. The standard InChI is InChI=1S/C22H27N3O2/c1-2-3-12-24-14-9-17(10-15-24)16-27-22(26)20-18-7-4-5-8-19(18)25-13-6-11-23-21(20)25/h4-8,11,13,17H,2-3,9-10,12,14-16H2,1H3. The summed E-state index contributed by atoms with van der Waals surface area (Å²) in [5, 5.41) is 0.899. The van der Waals surface area contributed by atoms with E-state index in [9.17, 15) is 4.79 Å². The SMILES string of the molecule is CCCCN1CCC(COC(=O)c2c3ccccc3n3cccnc23)CC1. The second kappa shape index (κ2) is 8.09. The van der Waals surface area contributed by atoms with Gasteiger partial charge < -0.3 is 14.0 Å². The highest BCUT2D eigenvalue weighted by molar-refractivity contribution is 6.10. The van der Waals surface area contributed by atoms with Gasteiger partial charge in [-0.05, 0) is 56.9 Å². The van der Waals surface area contributed by atoms with Gasteiger partial charge in [0.25, 0.3) is 0 Å². The fourth-order valence-electron chi connectivity index (χ4n) is 3.99. The van der Waals surface area contributed by atoms with Crippen LogP contribution in [0.2, 0.25) is 0 Å². The average molecular weight is 365 g/mol. The van der Waals surface area contributed by atoms with Crippen LogP contribution in [-0.4, -0.2) is 46.5 Å². The molecular weight excluding hydrogens is 338 g/mol. The molecule has 0 N–H and O–H groups in total. The van der Waals surface area contributed by atoms with Crippen molar-refractivity contribution in [3.8, 4) is 0 Å². The summed E-state index contributed by atoms with van der Waals surface area (Å²) in [7, 11) is 0. The van der Waals surface area contributed by atoms with Crippen molar-refractivity contribution in [1.82, 2.24) is 14.3 Å². The lowest BCUT2D eigenvalue weighted by molar-refractivity contribution is 0.0376. The third kappa shape index (κ3) is 3.69. The van der Waals surface area contributed by atoms with Crippen molar-refractivity contribution in [1.29, 1.82) is 0 Å². The lowest BCUT2D eigenvalue weighted by atomic mass is 9.97. The van der Waals surface area contributed by atoms with Crippen molar-refractivity contribution in [2.75, 3.05) is 26.2 Å². The fourth-order valence-corrected chi connectivity index (χ4v) is 3.99. The van der Waals surface area contributed by atoms with Gasteiger partial charge in [-0.25, -0.2) is 9.78 Å². The summed E-state index contributed by atoms with van der Waals surface area (Å²) in [4.78, 5) is 19.9. The number of likely N-dealkylation sites (tertiary alicyclic amines) is 1. The molecule has 0 radical (unpaired) electrons. The highest BCUT2D eigenvalue weighted by atomic mass is 16.5. The smallest absolute Gasteiger partial charge is 0.342 e. The van der Waals surface area contributed by atoms with E-state index in [-0.39, 0.29) is 5.97 Å². The molecule has 1 aliphatic rings. The lowest BCUT2D eigenvalue weighted by Crippen LogP contribution is -2.36. The number of nitrogens with zero attached hydrogens (tertiary/aromatic N) is 3. The third-order valence-electron chi connectivity index (χ3n) is 5.59. The summed E-state index contributed by atoms with van der Waals surface area (Å²) in [5.74, 6) is 0.195. The molecule has 5 nitrogen and oxygen atoms in total. The van der Waals surface area contributed by atoms with E-state index >= 15 is 0 Å². The number of carbonyl (C=O) groups excluding carboxylic acids is 1. The Bertz CT molecular complexity index is 872. The molecule has 0 bridgehead atoms. The van der Waals surface area contributed by atoms with E-state index in [0.29, 0.717) is 23.7 Å². The van der Waals surface area contributed by atoms with Crippen molar-refractivity contribution in [3.63, 3.8) is 0 Å². The number of para-hydroxylation sites is 1. The molecule has 2 aromatic heterocycles. The molecule has 1 saturated heterocycles. The Labute approximate surface area is 159 Å². The van der Waals surface area contributed by atoms with Gasteiger partial charge in [-0.15, -0.1) is 0 Å². The van der Waals surface area contributed by atoms with Crippen LogP contribution in [0.1, 0.15) is 43.0 Å². The molecule has 5 heteroatoms. The molecule has 0 atom stereocenters. The Balaban J connectivity index is 1.45. The lowest BCUT2D eigenvalue weighted by Gasteiger charge is -2.31. The number of fused-ring (bicyclic) bond motifs is 3. The molecule has 0 saturated carbocycles. The van der Waals surface area contributed by atoms with E-state index in [1.807, 2.05) is 40.9 Å². The highest BCUT2D eigenvalue weighted by Crippen LogP contribution is 2.26. The monoisotopic (exact) mass is 365 g/mol. The van der Waals surface area contributed by atoms with Gasteiger partial charge in [0, 0.05) is 17.8 Å². The largest absolute Gasteiger partial charge is 0.462 e. The molecule has 4 rings (SSSR count). The molecule has 0 unspecified atom stereocenters. The zero-order valence-electron chi connectivity index (χ0n) is 15.9. The molecule has 1 aliphatic heterocycles. The van der Waals surface area contributed by atoms with Crippen molar-refractivity contribution >= 4 is 22.5 Å². The van der Waals surface area contributed by atoms with Gasteiger partial charge in [0.05, 0.1) is 12.1 Å². The van der Waals surface area contributed by atoms with Crippen LogP contribution >= 0.6 is 0 Å². The molecule has 0 spiro atoms. The number of esters is 1. The van der Waals surface area contributed by atoms with Gasteiger partial charge in [0.1, 0.15) is 5.56 Å². The minimum absolute atomic E-state index is 0.263. The van der Waals surface area contributed by atoms with Gasteiger partial charge in [0.2, 0.25) is 0 Å². The maximum absolute atomic E-state index is 12.9. The molecule has 3 aromatic rings. The van der Waals surface area contributed by atoms with Crippen LogP contribution in [0.5, 0.6) is 0 Å². The van der Waals surface area contributed by atoms with Gasteiger partial charge in [0.15, 0.2) is 5.65 Å². The number of piperidine rings is 1. The molecule has 142 valence electrons. The third-order valence-corrected chi connectivity index (χ3v) is 5.59. The summed E-state index contributed by atoms with van der Waals surface area (Å²) >= 11 is 0. The first-order chi connectivity index (χ1) is 13.3. The van der Waals surface area contributed by atoms with Crippen LogP contribution < -0.4 is 0 Å². The number of rotatable bonds is 6. The van der Waals surface area contributed by atoms with Crippen LogP contribution in [0, 0.1) is 5.92 Å². The van der Waals surface area contributed by atoms with E-state index in [1.165, 1.54) is 19.4 Å². The molecule has 0 aliphatic carbocycles. The molecular formula is C22H27N3O2. The zero-order chi connectivity index (χ0) is 18.6. The van der Waals surface area contributed by atoms with Crippen LogP contribution in [0.15, 0.2) is 42.7 Å². The first kappa shape index (κ1) is 18.0. The summed E-state index contributed by atoms with van der Waals surface area (Å²) in [6.45, 7) is 6.15. The number of ether oxygens (including phenoxy) is 1. The number of aromatic nitrogens is 2. The fraction of sp³-hybridized carbons (Fsp3) is 0.455.